The Bertz CT molecular complexity index is 620. The fourth-order valence-electron chi connectivity index (χ4n) is 2.21. The summed E-state index contributed by atoms with van der Waals surface area (Å²) in [5, 5.41) is 9.04. The number of pyridine rings is 1. The van der Waals surface area contributed by atoms with Crippen molar-refractivity contribution in [1.82, 2.24) is 9.88 Å². The van der Waals surface area contributed by atoms with E-state index < -0.39 is 0 Å². The van der Waals surface area contributed by atoms with Crippen molar-refractivity contribution in [3.63, 3.8) is 0 Å². The molecule has 0 aliphatic rings. The van der Waals surface area contributed by atoms with Crippen molar-refractivity contribution < 1.29 is 4.74 Å². The zero-order valence-electron chi connectivity index (χ0n) is 12.4. The van der Waals surface area contributed by atoms with Crippen LogP contribution in [-0.2, 0) is 13.1 Å². The van der Waals surface area contributed by atoms with Crippen molar-refractivity contribution in [1.29, 1.82) is 5.26 Å². The van der Waals surface area contributed by atoms with Crippen LogP contribution < -0.4 is 4.74 Å². The highest BCUT2D eigenvalue weighted by Gasteiger charge is 2.10. The van der Waals surface area contributed by atoms with E-state index in [2.05, 4.69) is 22.9 Å². The van der Waals surface area contributed by atoms with E-state index in [1.165, 1.54) is 0 Å². The lowest BCUT2D eigenvalue weighted by molar-refractivity contribution is 0.263. The van der Waals surface area contributed by atoms with E-state index >= 15 is 0 Å². The second kappa shape index (κ2) is 7.41. The molecule has 0 radical (unpaired) electrons. The average Bonchev–Trinajstić information content (AvgIpc) is 2.55. The molecule has 0 saturated carbocycles. The summed E-state index contributed by atoms with van der Waals surface area (Å²) in [4.78, 5) is 6.62. The number of ether oxygens (including phenoxy) is 1. The Kier molecular flexibility index (Phi) is 5.30. The molecule has 1 aromatic heterocycles. The minimum absolute atomic E-state index is 0.652. The summed E-state index contributed by atoms with van der Waals surface area (Å²) >= 11 is 0. The molecule has 0 spiro atoms. The molecule has 2 aromatic rings. The molecule has 4 nitrogen and oxygen atoms in total. The lowest BCUT2D eigenvalue weighted by Crippen LogP contribution is -2.23. The van der Waals surface area contributed by atoms with Crippen molar-refractivity contribution in [3.8, 4) is 11.8 Å². The van der Waals surface area contributed by atoms with Crippen LogP contribution in [0.1, 0.15) is 23.7 Å². The fourth-order valence-corrected chi connectivity index (χ4v) is 2.21. The van der Waals surface area contributed by atoms with Gasteiger partial charge in [-0.05, 0) is 36.9 Å². The van der Waals surface area contributed by atoms with Crippen molar-refractivity contribution in [3.05, 3.63) is 59.4 Å². The van der Waals surface area contributed by atoms with Gasteiger partial charge in [0.25, 0.3) is 0 Å². The van der Waals surface area contributed by atoms with Gasteiger partial charge in [-0.15, -0.1) is 0 Å². The third kappa shape index (κ3) is 4.04. The lowest BCUT2D eigenvalue weighted by Gasteiger charge is -2.21. The van der Waals surface area contributed by atoms with Crippen molar-refractivity contribution in [2.75, 3.05) is 13.7 Å². The van der Waals surface area contributed by atoms with Gasteiger partial charge in [-0.25, -0.2) is 0 Å². The summed E-state index contributed by atoms with van der Waals surface area (Å²) < 4.78 is 5.39. The minimum atomic E-state index is 0.652. The van der Waals surface area contributed by atoms with E-state index in [4.69, 9.17) is 10.00 Å². The maximum absolute atomic E-state index is 9.04. The Labute approximate surface area is 125 Å². The zero-order valence-corrected chi connectivity index (χ0v) is 12.4. The standard InChI is InChI=1S/C17H19N3O/c1-3-20(13-16-6-4-5-9-19-16)12-15-10-14(11-18)7-8-17(15)21-2/h4-10H,3,12-13H2,1-2H3. The van der Waals surface area contributed by atoms with E-state index in [1.54, 1.807) is 19.4 Å². The Hall–Kier alpha value is -2.38. The molecule has 0 amide bonds. The molecule has 4 heteroatoms. The quantitative estimate of drug-likeness (QED) is 0.816. The normalized spacial score (nSPS) is 10.4. The van der Waals surface area contributed by atoms with E-state index in [0.717, 1.165) is 36.6 Å². The van der Waals surface area contributed by atoms with E-state index in [-0.39, 0.29) is 0 Å². The molecule has 0 unspecified atom stereocenters. The number of benzene rings is 1. The van der Waals surface area contributed by atoms with Gasteiger partial charge in [-0.3, -0.25) is 9.88 Å². The molecule has 1 aromatic carbocycles. The Morgan fingerprint density at radius 1 is 1.24 bits per heavy atom. The van der Waals surface area contributed by atoms with Gasteiger partial charge in [0.1, 0.15) is 5.75 Å². The van der Waals surface area contributed by atoms with Gasteiger partial charge in [0.15, 0.2) is 0 Å². The number of nitriles is 1. The fraction of sp³-hybridized carbons (Fsp3) is 0.294. The first kappa shape index (κ1) is 15.0. The van der Waals surface area contributed by atoms with E-state index in [0.29, 0.717) is 5.56 Å². The molecule has 2 rings (SSSR count). The first-order valence-corrected chi connectivity index (χ1v) is 6.96. The summed E-state index contributed by atoms with van der Waals surface area (Å²) in [6.45, 7) is 4.52. The minimum Gasteiger partial charge on any atom is -0.496 e. The molecular weight excluding hydrogens is 262 g/mol. The second-order valence-electron chi connectivity index (χ2n) is 4.76. The van der Waals surface area contributed by atoms with Crippen LogP contribution in [0.2, 0.25) is 0 Å². The summed E-state index contributed by atoms with van der Waals surface area (Å²) in [5.74, 6) is 0.813. The maximum atomic E-state index is 9.04. The molecular formula is C17H19N3O. The van der Waals surface area contributed by atoms with Crippen LogP contribution in [0.5, 0.6) is 5.75 Å². The highest BCUT2D eigenvalue weighted by atomic mass is 16.5. The van der Waals surface area contributed by atoms with Crippen molar-refractivity contribution >= 4 is 0 Å². The van der Waals surface area contributed by atoms with Gasteiger partial charge in [0, 0.05) is 24.8 Å². The maximum Gasteiger partial charge on any atom is 0.123 e. The molecule has 0 aliphatic heterocycles. The lowest BCUT2D eigenvalue weighted by atomic mass is 10.1. The first-order chi connectivity index (χ1) is 10.3. The number of hydrogen-bond donors (Lipinski definition) is 0. The van der Waals surface area contributed by atoms with Crippen LogP contribution in [-0.4, -0.2) is 23.5 Å². The Balaban J connectivity index is 2.16. The average molecular weight is 281 g/mol. The smallest absolute Gasteiger partial charge is 0.123 e. The van der Waals surface area contributed by atoms with Crippen LogP contribution in [0.25, 0.3) is 0 Å². The summed E-state index contributed by atoms with van der Waals surface area (Å²) in [7, 11) is 1.65. The predicted octanol–water partition coefficient (Wildman–Crippen LogP) is 2.98. The highest BCUT2D eigenvalue weighted by molar-refractivity contribution is 5.42. The van der Waals surface area contributed by atoms with Crippen LogP contribution >= 0.6 is 0 Å². The Morgan fingerprint density at radius 2 is 2.10 bits per heavy atom. The zero-order chi connectivity index (χ0) is 15.1. The molecule has 0 atom stereocenters. The van der Waals surface area contributed by atoms with Gasteiger partial charge in [0.05, 0.1) is 24.4 Å². The number of nitrogens with zero attached hydrogens (tertiary/aromatic N) is 3. The number of aromatic nitrogens is 1. The second-order valence-corrected chi connectivity index (χ2v) is 4.76. The number of hydrogen-bond acceptors (Lipinski definition) is 4. The van der Waals surface area contributed by atoms with Crippen LogP contribution in [0, 0.1) is 11.3 Å². The third-order valence-electron chi connectivity index (χ3n) is 3.36. The highest BCUT2D eigenvalue weighted by Crippen LogP contribution is 2.22. The molecule has 0 fully saturated rings. The topological polar surface area (TPSA) is 49.2 Å². The van der Waals surface area contributed by atoms with Crippen molar-refractivity contribution in [2.24, 2.45) is 0 Å². The molecule has 108 valence electrons. The monoisotopic (exact) mass is 281 g/mol. The van der Waals surface area contributed by atoms with Crippen LogP contribution in [0.4, 0.5) is 0 Å². The summed E-state index contributed by atoms with van der Waals surface area (Å²) in [6, 6.07) is 13.6. The molecule has 0 saturated heterocycles. The van der Waals surface area contributed by atoms with Crippen molar-refractivity contribution in [2.45, 2.75) is 20.0 Å². The molecule has 1 heterocycles. The largest absolute Gasteiger partial charge is 0.496 e. The SMILES string of the molecule is CCN(Cc1ccccn1)Cc1cc(C#N)ccc1OC. The van der Waals surface area contributed by atoms with Gasteiger partial charge in [0.2, 0.25) is 0 Å². The van der Waals surface area contributed by atoms with Gasteiger partial charge in [-0.1, -0.05) is 13.0 Å². The molecule has 0 bridgehead atoms. The summed E-state index contributed by atoms with van der Waals surface area (Å²) in [6.07, 6.45) is 1.81. The number of methoxy groups -OCH3 is 1. The third-order valence-corrected chi connectivity index (χ3v) is 3.36. The van der Waals surface area contributed by atoms with E-state index in [9.17, 15) is 0 Å². The van der Waals surface area contributed by atoms with Crippen LogP contribution in [0.3, 0.4) is 0 Å². The summed E-state index contributed by atoms with van der Waals surface area (Å²) in [5.41, 5.74) is 2.71. The predicted molar refractivity (Wildman–Crippen MR) is 81.7 cm³/mol. The molecule has 0 aliphatic carbocycles. The number of rotatable bonds is 6. The van der Waals surface area contributed by atoms with Gasteiger partial charge < -0.3 is 4.74 Å². The van der Waals surface area contributed by atoms with Crippen LogP contribution in [0.15, 0.2) is 42.6 Å². The molecule has 21 heavy (non-hydrogen) atoms. The Morgan fingerprint density at radius 3 is 2.71 bits per heavy atom. The van der Waals surface area contributed by atoms with Gasteiger partial charge >= 0.3 is 0 Å². The first-order valence-electron chi connectivity index (χ1n) is 6.96. The molecule has 0 N–H and O–H groups in total. The van der Waals surface area contributed by atoms with E-state index in [1.807, 2.05) is 30.3 Å². The van der Waals surface area contributed by atoms with Gasteiger partial charge in [-0.2, -0.15) is 5.26 Å².